The van der Waals surface area contributed by atoms with Crippen LogP contribution in [0.3, 0.4) is 0 Å². The molecule has 166 valence electrons. The van der Waals surface area contributed by atoms with Crippen LogP contribution in [-0.2, 0) is 0 Å². The van der Waals surface area contributed by atoms with Gasteiger partial charge in [-0.25, -0.2) is 0 Å². The first-order valence-corrected chi connectivity index (χ1v) is 11.5. The molecule has 0 saturated heterocycles. The number of aromatic nitrogens is 3. The van der Waals surface area contributed by atoms with Gasteiger partial charge in [-0.1, -0.05) is 0 Å². The van der Waals surface area contributed by atoms with E-state index >= 15 is 0 Å². The maximum atomic E-state index is 12.2. The molecule has 7 nitrogen and oxygen atoms in total. The highest BCUT2D eigenvalue weighted by atomic mass is 32.1. The van der Waals surface area contributed by atoms with E-state index in [2.05, 4.69) is 56.8 Å². The fourth-order valence-electron chi connectivity index (χ4n) is 3.73. The first kappa shape index (κ1) is 21.1. The first-order chi connectivity index (χ1) is 16.1. The van der Waals surface area contributed by atoms with E-state index in [1.54, 1.807) is 29.8 Å². The molecule has 4 aromatic heterocycles. The van der Waals surface area contributed by atoms with Crippen LogP contribution in [0.4, 0.5) is 11.4 Å². The van der Waals surface area contributed by atoms with Gasteiger partial charge in [0.1, 0.15) is 0 Å². The van der Waals surface area contributed by atoms with Gasteiger partial charge in [0.25, 0.3) is 5.91 Å². The standard InChI is InChI=1S/C25H23N5O2S/c1-15-11-17-12-18(4-6-19(17)29-15)30-21-7-9-26-22-13-23(33-24(21)22)20-5-3-16(14-28-20)25(32)27-8-2-10-31/h3-7,9,11-14,29,31H,2,8,10H2,1H3,(H,26,30)(H,27,32). The van der Waals surface area contributed by atoms with Gasteiger partial charge in [0, 0.05) is 47.8 Å². The number of nitrogens with zero attached hydrogens (tertiary/aromatic N) is 2. The number of aliphatic hydroxyl groups excluding tert-OH is 1. The second-order valence-electron chi connectivity index (χ2n) is 7.83. The number of aliphatic hydroxyl groups is 1. The number of anilines is 2. The number of nitrogens with one attached hydrogen (secondary N) is 3. The predicted molar refractivity (Wildman–Crippen MR) is 133 cm³/mol. The van der Waals surface area contributed by atoms with E-state index in [-0.39, 0.29) is 12.5 Å². The summed E-state index contributed by atoms with van der Waals surface area (Å²) in [5, 5.41) is 16.3. The number of carbonyl (C=O) groups excluding carboxylic acids is 1. The Hall–Kier alpha value is -3.75. The van der Waals surface area contributed by atoms with Crippen LogP contribution < -0.4 is 10.6 Å². The van der Waals surface area contributed by atoms with Crippen molar-refractivity contribution in [2.24, 2.45) is 0 Å². The quantitative estimate of drug-likeness (QED) is 0.258. The minimum absolute atomic E-state index is 0.0503. The first-order valence-electron chi connectivity index (χ1n) is 10.7. The molecule has 0 atom stereocenters. The zero-order valence-corrected chi connectivity index (χ0v) is 18.9. The fourth-order valence-corrected chi connectivity index (χ4v) is 4.79. The van der Waals surface area contributed by atoms with E-state index in [0.717, 1.165) is 43.4 Å². The van der Waals surface area contributed by atoms with Crippen molar-refractivity contribution < 1.29 is 9.90 Å². The number of rotatable bonds is 7. The van der Waals surface area contributed by atoms with Crippen LogP contribution in [0.1, 0.15) is 22.5 Å². The highest BCUT2D eigenvalue weighted by molar-refractivity contribution is 7.22. The molecule has 5 aromatic rings. The monoisotopic (exact) mass is 457 g/mol. The third-order valence-electron chi connectivity index (χ3n) is 5.34. The van der Waals surface area contributed by atoms with Crippen LogP contribution in [0.15, 0.2) is 60.9 Å². The number of benzene rings is 1. The smallest absolute Gasteiger partial charge is 0.252 e. The van der Waals surface area contributed by atoms with Gasteiger partial charge in [-0.3, -0.25) is 14.8 Å². The molecule has 33 heavy (non-hydrogen) atoms. The van der Waals surface area contributed by atoms with Crippen LogP contribution in [-0.4, -0.2) is 39.1 Å². The van der Waals surface area contributed by atoms with Crippen molar-refractivity contribution in [3.05, 3.63) is 72.2 Å². The van der Waals surface area contributed by atoms with E-state index in [4.69, 9.17) is 5.11 Å². The SMILES string of the molecule is Cc1cc2cc(Nc3ccnc4cc(-c5ccc(C(=O)NCCCO)cn5)sc34)ccc2[nH]1. The summed E-state index contributed by atoms with van der Waals surface area (Å²) in [5.74, 6) is -0.193. The number of pyridine rings is 2. The molecule has 0 spiro atoms. The molecule has 5 rings (SSSR count). The highest BCUT2D eigenvalue weighted by Gasteiger charge is 2.12. The van der Waals surface area contributed by atoms with E-state index in [1.165, 1.54) is 5.39 Å². The maximum Gasteiger partial charge on any atom is 0.252 e. The number of thiophene rings is 1. The van der Waals surface area contributed by atoms with Crippen LogP contribution in [0.2, 0.25) is 0 Å². The molecule has 1 amide bonds. The van der Waals surface area contributed by atoms with Gasteiger partial charge >= 0.3 is 0 Å². The molecule has 0 aliphatic carbocycles. The Kier molecular flexibility index (Phi) is 5.77. The molecule has 0 fully saturated rings. The lowest BCUT2D eigenvalue weighted by Gasteiger charge is -2.07. The Labute approximate surface area is 194 Å². The van der Waals surface area contributed by atoms with Crippen LogP contribution in [0.5, 0.6) is 0 Å². The zero-order chi connectivity index (χ0) is 22.8. The Balaban J connectivity index is 1.39. The van der Waals surface area contributed by atoms with Crippen molar-refractivity contribution in [2.45, 2.75) is 13.3 Å². The average molecular weight is 458 g/mol. The predicted octanol–water partition coefficient (Wildman–Crippen LogP) is 5.00. The number of hydrogen-bond donors (Lipinski definition) is 4. The molecular formula is C25H23N5O2S. The van der Waals surface area contributed by atoms with Crippen molar-refractivity contribution in [1.29, 1.82) is 0 Å². The minimum Gasteiger partial charge on any atom is -0.396 e. The molecule has 4 N–H and O–H groups in total. The van der Waals surface area contributed by atoms with E-state index in [9.17, 15) is 4.79 Å². The summed E-state index contributed by atoms with van der Waals surface area (Å²) in [6.07, 6.45) is 3.91. The lowest BCUT2D eigenvalue weighted by atomic mass is 10.2. The molecule has 0 saturated carbocycles. The molecule has 0 radical (unpaired) electrons. The van der Waals surface area contributed by atoms with Gasteiger partial charge in [-0.15, -0.1) is 11.3 Å². The molecule has 0 aliphatic rings. The maximum absolute atomic E-state index is 12.2. The third kappa shape index (κ3) is 4.44. The second kappa shape index (κ2) is 9.01. The molecule has 4 heterocycles. The molecular weight excluding hydrogens is 434 g/mol. The van der Waals surface area contributed by atoms with Crippen molar-refractivity contribution in [3.8, 4) is 10.6 Å². The van der Waals surface area contributed by atoms with Gasteiger partial charge < -0.3 is 20.7 Å². The van der Waals surface area contributed by atoms with Crippen LogP contribution >= 0.6 is 11.3 Å². The number of hydrogen-bond acceptors (Lipinski definition) is 6. The average Bonchev–Trinajstić information content (AvgIpc) is 3.42. The Morgan fingerprint density at radius 1 is 1.12 bits per heavy atom. The van der Waals surface area contributed by atoms with Gasteiger partial charge in [-0.05, 0) is 61.9 Å². The lowest BCUT2D eigenvalue weighted by molar-refractivity contribution is 0.0951. The van der Waals surface area contributed by atoms with Gasteiger partial charge in [0.2, 0.25) is 0 Å². The Morgan fingerprint density at radius 2 is 2.03 bits per heavy atom. The molecule has 0 bridgehead atoms. The number of fused-ring (bicyclic) bond motifs is 2. The third-order valence-corrected chi connectivity index (χ3v) is 6.52. The van der Waals surface area contributed by atoms with E-state index < -0.39 is 0 Å². The topological polar surface area (TPSA) is 103 Å². The number of H-pyrrole nitrogens is 1. The number of aryl methyl sites for hydroxylation is 1. The van der Waals surface area contributed by atoms with E-state index in [0.29, 0.717) is 18.5 Å². The fraction of sp³-hybridized carbons (Fsp3) is 0.160. The normalized spacial score (nSPS) is 11.2. The lowest BCUT2D eigenvalue weighted by Crippen LogP contribution is -2.25. The van der Waals surface area contributed by atoms with E-state index in [1.807, 2.05) is 18.2 Å². The van der Waals surface area contributed by atoms with Gasteiger partial charge in [0.05, 0.1) is 32.0 Å². The number of amides is 1. The van der Waals surface area contributed by atoms with Crippen molar-refractivity contribution in [3.63, 3.8) is 0 Å². The summed E-state index contributed by atoms with van der Waals surface area (Å²) in [5.41, 5.74) is 6.44. The Bertz CT molecular complexity index is 1440. The molecule has 1 aromatic carbocycles. The largest absolute Gasteiger partial charge is 0.396 e. The van der Waals surface area contributed by atoms with Gasteiger partial charge in [-0.2, -0.15) is 0 Å². The second-order valence-corrected chi connectivity index (χ2v) is 8.88. The summed E-state index contributed by atoms with van der Waals surface area (Å²) in [6.45, 7) is 2.54. The van der Waals surface area contributed by atoms with Gasteiger partial charge in [0.15, 0.2) is 0 Å². The van der Waals surface area contributed by atoms with Crippen molar-refractivity contribution in [2.75, 3.05) is 18.5 Å². The summed E-state index contributed by atoms with van der Waals surface area (Å²) >= 11 is 1.61. The van der Waals surface area contributed by atoms with Crippen molar-refractivity contribution >= 4 is 49.7 Å². The summed E-state index contributed by atoms with van der Waals surface area (Å²) in [6, 6.07) is 16.0. The highest BCUT2D eigenvalue weighted by Crippen LogP contribution is 2.37. The summed E-state index contributed by atoms with van der Waals surface area (Å²) in [4.78, 5) is 25.5. The van der Waals surface area contributed by atoms with Crippen molar-refractivity contribution in [1.82, 2.24) is 20.3 Å². The molecule has 8 heteroatoms. The van der Waals surface area contributed by atoms with Crippen LogP contribution in [0.25, 0.3) is 31.7 Å². The van der Waals surface area contributed by atoms with Crippen LogP contribution in [0, 0.1) is 6.92 Å². The molecule has 0 unspecified atom stereocenters. The number of carbonyl (C=O) groups is 1. The minimum atomic E-state index is -0.193. The summed E-state index contributed by atoms with van der Waals surface area (Å²) < 4.78 is 1.05. The Morgan fingerprint density at radius 3 is 2.85 bits per heavy atom. The number of aromatic amines is 1. The molecule has 0 aliphatic heterocycles. The summed E-state index contributed by atoms with van der Waals surface area (Å²) in [7, 11) is 0. The zero-order valence-electron chi connectivity index (χ0n) is 18.1.